The molecular formula is C29H31N3O7. The first-order valence-corrected chi connectivity index (χ1v) is 12.8. The van der Waals surface area contributed by atoms with Crippen LogP contribution in [-0.4, -0.2) is 80.8 Å². The Hall–Kier alpha value is -4.04. The average molecular weight is 534 g/mol. The van der Waals surface area contributed by atoms with Gasteiger partial charge in [0, 0.05) is 25.1 Å². The van der Waals surface area contributed by atoms with E-state index in [1.807, 2.05) is 24.3 Å². The lowest BCUT2D eigenvalue weighted by Crippen LogP contribution is -2.52. The number of nitrogens with one attached hydrogen (secondary N) is 2. The maximum absolute atomic E-state index is 13.4. The van der Waals surface area contributed by atoms with Gasteiger partial charge in [-0.2, -0.15) is 0 Å². The van der Waals surface area contributed by atoms with Crippen LogP contribution in [0.1, 0.15) is 39.1 Å². The van der Waals surface area contributed by atoms with Crippen LogP contribution in [0.3, 0.4) is 0 Å². The minimum Gasteiger partial charge on any atom is -0.377 e. The topological polar surface area (TPSA) is 123 Å². The van der Waals surface area contributed by atoms with Crippen LogP contribution in [0.4, 0.5) is 0 Å². The van der Waals surface area contributed by atoms with E-state index in [9.17, 15) is 19.2 Å². The molecule has 10 heteroatoms. The number of benzene rings is 2. The normalized spacial score (nSPS) is 16.5. The Labute approximate surface area is 227 Å². The number of imide groups is 1. The van der Waals surface area contributed by atoms with Crippen molar-refractivity contribution < 1.29 is 33.4 Å². The monoisotopic (exact) mass is 533 g/mol. The third kappa shape index (κ3) is 7.09. The molecule has 4 rings (SSSR count). The molecule has 1 unspecified atom stereocenters. The summed E-state index contributed by atoms with van der Waals surface area (Å²) in [5, 5.41) is 5.15. The molecule has 0 bridgehead atoms. The van der Waals surface area contributed by atoms with Gasteiger partial charge in [0.05, 0.1) is 38.6 Å². The van der Waals surface area contributed by atoms with E-state index in [-0.39, 0.29) is 30.7 Å². The van der Waals surface area contributed by atoms with Crippen LogP contribution in [0, 0.1) is 12.3 Å². The number of hydrogen-bond donors (Lipinski definition) is 2. The lowest BCUT2D eigenvalue weighted by Gasteiger charge is -2.29. The summed E-state index contributed by atoms with van der Waals surface area (Å²) in [7, 11) is 0. The van der Waals surface area contributed by atoms with Crippen LogP contribution in [0.5, 0.6) is 0 Å². The molecule has 39 heavy (non-hydrogen) atoms. The van der Waals surface area contributed by atoms with Gasteiger partial charge >= 0.3 is 0 Å². The van der Waals surface area contributed by atoms with Crippen molar-refractivity contribution in [1.82, 2.24) is 15.5 Å². The maximum atomic E-state index is 13.4. The van der Waals surface area contributed by atoms with Crippen LogP contribution in [0.15, 0.2) is 42.5 Å². The highest BCUT2D eigenvalue weighted by Gasteiger charge is 2.40. The quantitative estimate of drug-likeness (QED) is 0.227. The summed E-state index contributed by atoms with van der Waals surface area (Å²) in [5.74, 6) is 1.09. The van der Waals surface area contributed by atoms with E-state index in [1.54, 1.807) is 18.2 Å². The molecule has 0 radical (unpaired) electrons. The molecule has 0 aromatic heterocycles. The van der Waals surface area contributed by atoms with Crippen molar-refractivity contribution in [2.75, 3.05) is 46.2 Å². The van der Waals surface area contributed by atoms with Gasteiger partial charge in [0.1, 0.15) is 12.6 Å². The highest BCUT2D eigenvalue weighted by molar-refractivity contribution is 6.08. The van der Waals surface area contributed by atoms with Crippen LogP contribution in [-0.2, 0) is 30.3 Å². The number of nitrogens with zero attached hydrogens (tertiary/aromatic N) is 1. The number of hydrogen-bond acceptors (Lipinski definition) is 7. The molecule has 2 heterocycles. The summed E-state index contributed by atoms with van der Waals surface area (Å²) in [6.07, 6.45) is 5.59. The zero-order valence-electron chi connectivity index (χ0n) is 21.6. The molecule has 4 amide bonds. The van der Waals surface area contributed by atoms with Crippen LogP contribution in [0.2, 0.25) is 0 Å². The molecule has 2 N–H and O–H groups in total. The van der Waals surface area contributed by atoms with E-state index in [2.05, 4.69) is 16.6 Å². The third-order valence-electron chi connectivity index (χ3n) is 6.45. The molecular weight excluding hydrogens is 502 g/mol. The standard InChI is InChI=1S/C29H31N3O7/c1-2-12-37-14-16-39-17-15-38-13-11-30-27(34)21-6-3-5-20(18-21)23-8-4-7-22-19-32(29(36)26(22)23)24-9-10-25(33)31-28(24)35/h1,3-8,18,24H,9-17,19H2,(H,30,34)(H,31,33,35). The zero-order valence-corrected chi connectivity index (χ0v) is 21.6. The SMILES string of the molecule is C#CCOCCOCCOCCNC(=O)c1cccc(-c2cccc3c2C(=O)N(C2CCC(=O)NC2=O)C3)c1. The highest BCUT2D eigenvalue weighted by Crippen LogP contribution is 2.35. The highest BCUT2D eigenvalue weighted by atomic mass is 16.5. The van der Waals surface area contributed by atoms with Gasteiger partial charge in [-0.1, -0.05) is 36.3 Å². The Kier molecular flexibility index (Phi) is 9.80. The fourth-order valence-electron chi connectivity index (χ4n) is 4.59. The van der Waals surface area contributed by atoms with Crippen LogP contribution in [0.25, 0.3) is 11.1 Å². The molecule has 0 saturated carbocycles. The second-order valence-electron chi connectivity index (χ2n) is 9.06. The first kappa shape index (κ1) is 28.0. The van der Waals surface area contributed by atoms with Crippen molar-refractivity contribution in [3.63, 3.8) is 0 Å². The lowest BCUT2D eigenvalue weighted by molar-refractivity contribution is -0.136. The third-order valence-corrected chi connectivity index (χ3v) is 6.45. The minimum absolute atomic E-state index is 0.197. The number of terminal acetylenes is 1. The first-order valence-electron chi connectivity index (χ1n) is 12.8. The summed E-state index contributed by atoms with van der Waals surface area (Å²) < 4.78 is 15.9. The molecule has 2 aromatic rings. The van der Waals surface area contributed by atoms with E-state index >= 15 is 0 Å². The summed E-state index contributed by atoms with van der Waals surface area (Å²) in [5.41, 5.74) is 3.18. The summed E-state index contributed by atoms with van der Waals surface area (Å²) >= 11 is 0. The summed E-state index contributed by atoms with van der Waals surface area (Å²) in [6.45, 7) is 2.88. The Balaban J connectivity index is 1.31. The number of carbonyl (C=O) groups excluding carboxylic acids is 4. The Bertz CT molecular complexity index is 1270. The molecule has 0 aliphatic carbocycles. The second-order valence-corrected chi connectivity index (χ2v) is 9.06. The molecule has 10 nitrogen and oxygen atoms in total. The predicted molar refractivity (Wildman–Crippen MR) is 142 cm³/mol. The van der Waals surface area contributed by atoms with Crippen molar-refractivity contribution >= 4 is 23.6 Å². The fourth-order valence-corrected chi connectivity index (χ4v) is 4.59. The number of carbonyl (C=O) groups is 4. The Morgan fingerprint density at radius 3 is 2.54 bits per heavy atom. The Morgan fingerprint density at radius 1 is 1.03 bits per heavy atom. The van der Waals surface area contributed by atoms with E-state index < -0.39 is 11.9 Å². The lowest BCUT2D eigenvalue weighted by atomic mass is 9.95. The summed E-state index contributed by atoms with van der Waals surface area (Å²) in [6, 6.07) is 11.9. The first-order chi connectivity index (χ1) is 19.0. The van der Waals surface area contributed by atoms with E-state index in [1.165, 1.54) is 4.90 Å². The van der Waals surface area contributed by atoms with Gasteiger partial charge in [-0.3, -0.25) is 24.5 Å². The van der Waals surface area contributed by atoms with E-state index in [0.717, 1.165) is 11.1 Å². The number of fused-ring (bicyclic) bond motifs is 1. The van der Waals surface area contributed by atoms with Gasteiger partial charge in [0.2, 0.25) is 11.8 Å². The smallest absolute Gasteiger partial charge is 0.255 e. The van der Waals surface area contributed by atoms with E-state index in [4.69, 9.17) is 20.6 Å². The zero-order chi connectivity index (χ0) is 27.6. The van der Waals surface area contributed by atoms with Gasteiger partial charge in [-0.15, -0.1) is 6.42 Å². The maximum Gasteiger partial charge on any atom is 0.255 e. The van der Waals surface area contributed by atoms with Crippen molar-refractivity contribution in [3.8, 4) is 23.5 Å². The number of ether oxygens (including phenoxy) is 3. The van der Waals surface area contributed by atoms with Gasteiger partial charge in [0.25, 0.3) is 11.8 Å². The number of rotatable bonds is 13. The van der Waals surface area contributed by atoms with Gasteiger partial charge in [-0.05, 0) is 35.2 Å². The molecule has 204 valence electrons. The van der Waals surface area contributed by atoms with Crippen LogP contribution >= 0.6 is 0 Å². The van der Waals surface area contributed by atoms with Gasteiger partial charge in [0.15, 0.2) is 0 Å². The molecule has 0 spiro atoms. The van der Waals surface area contributed by atoms with Crippen molar-refractivity contribution in [1.29, 1.82) is 0 Å². The second kappa shape index (κ2) is 13.7. The molecule has 1 saturated heterocycles. The number of piperidine rings is 1. The average Bonchev–Trinajstić information content (AvgIpc) is 3.27. The fraction of sp³-hybridized carbons (Fsp3) is 0.379. The molecule has 1 fully saturated rings. The Morgan fingerprint density at radius 2 is 1.77 bits per heavy atom. The molecule has 2 aliphatic heterocycles. The van der Waals surface area contributed by atoms with Crippen molar-refractivity contribution in [3.05, 3.63) is 59.2 Å². The van der Waals surface area contributed by atoms with E-state index in [0.29, 0.717) is 69.2 Å². The largest absolute Gasteiger partial charge is 0.377 e. The van der Waals surface area contributed by atoms with Crippen molar-refractivity contribution in [2.24, 2.45) is 0 Å². The summed E-state index contributed by atoms with van der Waals surface area (Å²) in [4.78, 5) is 51.6. The van der Waals surface area contributed by atoms with Crippen LogP contribution < -0.4 is 10.6 Å². The van der Waals surface area contributed by atoms with Crippen molar-refractivity contribution in [2.45, 2.75) is 25.4 Å². The van der Waals surface area contributed by atoms with Gasteiger partial charge < -0.3 is 24.4 Å². The predicted octanol–water partition coefficient (Wildman–Crippen LogP) is 1.53. The molecule has 1 atom stereocenters. The minimum atomic E-state index is -0.686. The molecule has 2 aliphatic rings. The van der Waals surface area contributed by atoms with Gasteiger partial charge in [-0.25, -0.2) is 0 Å². The molecule has 2 aromatic carbocycles. The number of amides is 4.